The van der Waals surface area contributed by atoms with Gasteiger partial charge < -0.3 is 10.6 Å². The highest BCUT2D eigenvalue weighted by Crippen LogP contribution is 2.23. The molecule has 0 saturated carbocycles. The van der Waals surface area contributed by atoms with Gasteiger partial charge in [-0.3, -0.25) is 4.79 Å². The summed E-state index contributed by atoms with van der Waals surface area (Å²) in [7, 11) is 0. The molecule has 1 saturated heterocycles. The molecule has 0 aromatic carbocycles. The molecular formula is C13H26N2O. The number of amides is 1. The van der Waals surface area contributed by atoms with Crippen molar-refractivity contribution in [3.63, 3.8) is 0 Å². The summed E-state index contributed by atoms with van der Waals surface area (Å²) >= 11 is 0. The van der Waals surface area contributed by atoms with Crippen LogP contribution in [-0.4, -0.2) is 29.9 Å². The van der Waals surface area contributed by atoms with Gasteiger partial charge in [0.15, 0.2) is 0 Å². The van der Waals surface area contributed by atoms with Crippen LogP contribution < -0.4 is 5.73 Å². The molecule has 3 nitrogen and oxygen atoms in total. The predicted molar refractivity (Wildman–Crippen MR) is 67.0 cm³/mol. The Kier molecular flexibility index (Phi) is 4.36. The number of piperidine rings is 1. The van der Waals surface area contributed by atoms with E-state index in [9.17, 15) is 4.79 Å². The van der Waals surface area contributed by atoms with Crippen LogP contribution in [-0.2, 0) is 4.79 Å². The van der Waals surface area contributed by atoms with Crippen LogP contribution in [0.2, 0.25) is 0 Å². The molecule has 0 spiro atoms. The van der Waals surface area contributed by atoms with Crippen LogP contribution in [0.15, 0.2) is 0 Å². The van der Waals surface area contributed by atoms with Crippen LogP contribution >= 0.6 is 0 Å². The number of rotatable bonds is 2. The zero-order valence-electron chi connectivity index (χ0n) is 11.1. The molecule has 1 fully saturated rings. The van der Waals surface area contributed by atoms with Crippen molar-refractivity contribution < 1.29 is 4.79 Å². The van der Waals surface area contributed by atoms with E-state index >= 15 is 0 Å². The summed E-state index contributed by atoms with van der Waals surface area (Å²) in [6, 6.07) is -0.370. The number of carbonyl (C=O) groups excluding carboxylic acids is 1. The van der Waals surface area contributed by atoms with Gasteiger partial charge in [0.25, 0.3) is 0 Å². The van der Waals surface area contributed by atoms with Crippen molar-refractivity contribution in [1.29, 1.82) is 0 Å². The Balaban J connectivity index is 2.51. The van der Waals surface area contributed by atoms with E-state index in [0.717, 1.165) is 31.8 Å². The zero-order chi connectivity index (χ0) is 12.3. The second-order valence-corrected chi connectivity index (χ2v) is 6.02. The number of hydrogen-bond donors (Lipinski definition) is 1. The third-order valence-electron chi connectivity index (χ3n) is 3.70. The lowest BCUT2D eigenvalue weighted by atomic mass is 9.85. The molecule has 1 unspecified atom stereocenters. The topological polar surface area (TPSA) is 46.3 Å². The molecule has 94 valence electrons. The van der Waals surface area contributed by atoms with E-state index in [1.54, 1.807) is 0 Å². The Morgan fingerprint density at radius 2 is 1.88 bits per heavy atom. The molecule has 0 radical (unpaired) electrons. The maximum Gasteiger partial charge on any atom is 0.240 e. The maximum absolute atomic E-state index is 12.1. The largest absolute Gasteiger partial charge is 0.341 e. The van der Waals surface area contributed by atoms with Crippen LogP contribution in [0, 0.1) is 11.3 Å². The maximum atomic E-state index is 12.1. The van der Waals surface area contributed by atoms with Crippen molar-refractivity contribution in [3.05, 3.63) is 0 Å². The second kappa shape index (κ2) is 5.17. The molecule has 1 amide bonds. The van der Waals surface area contributed by atoms with Gasteiger partial charge in [0.1, 0.15) is 0 Å². The third-order valence-corrected chi connectivity index (χ3v) is 3.70. The summed E-state index contributed by atoms with van der Waals surface area (Å²) < 4.78 is 0. The normalized spacial score (nSPS) is 20.9. The monoisotopic (exact) mass is 226 g/mol. The lowest BCUT2D eigenvalue weighted by molar-refractivity contribution is -0.136. The van der Waals surface area contributed by atoms with Crippen molar-refractivity contribution in [2.75, 3.05) is 13.1 Å². The molecule has 1 rings (SSSR count). The highest BCUT2D eigenvalue weighted by atomic mass is 16.2. The molecule has 0 aliphatic carbocycles. The Labute approximate surface area is 99.4 Å². The van der Waals surface area contributed by atoms with Gasteiger partial charge in [0.05, 0.1) is 6.04 Å². The standard InChI is InChI=1S/C13H26N2O/c1-5-10-6-8-15(9-7-10)12(16)11(14)13(2,3)4/h10-11H,5-9,14H2,1-4H3. The summed E-state index contributed by atoms with van der Waals surface area (Å²) in [6.07, 6.45) is 3.51. The van der Waals surface area contributed by atoms with Gasteiger partial charge in [-0.05, 0) is 24.2 Å². The third kappa shape index (κ3) is 3.21. The fourth-order valence-corrected chi connectivity index (χ4v) is 2.13. The van der Waals surface area contributed by atoms with E-state index < -0.39 is 0 Å². The van der Waals surface area contributed by atoms with Crippen LogP contribution in [0.4, 0.5) is 0 Å². The first-order valence-corrected chi connectivity index (χ1v) is 6.40. The predicted octanol–water partition coefficient (Wildman–Crippen LogP) is 2.01. The van der Waals surface area contributed by atoms with Crippen molar-refractivity contribution >= 4 is 5.91 Å². The van der Waals surface area contributed by atoms with E-state index in [-0.39, 0.29) is 17.4 Å². The van der Waals surface area contributed by atoms with Gasteiger partial charge in [-0.25, -0.2) is 0 Å². The van der Waals surface area contributed by atoms with E-state index in [1.165, 1.54) is 6.42 Å². The lowest BCUT2D eigenvalue weighted by Gasteiger charge is -2.36. The summed E-state index contributed by atoms with van der Waals surface area (Å²) in [4.78, 5) is 14.1. The Hall–Kier alpha value is -0.570. The minimum absolute atomic E-state index is 0.127. The molecule has 16 heavy (non-hydrogen) atoms. The molecule has 3 heteroatoms. The fraction of sp³-hybridized carbons (Fsp3) is 0.923. The summed E-state index contributed by atoms with van der Waals surface area (Å²) in [5.41, 5.74) is 5.86. The van der Waals surface area contributed by atoms with Gasteiger partial charge >= 0.3 is 0 Å². The average molecular weight is 226 g/mol. The van der Waals surface area contributed by atoms with Gasteiger partial charge in [-0.15, -0.1) is 0 Å². The molecule has 0 bridgehead atoms. The fourth-order valence-electron chi connectivity index (χ4n) is 2.13. The molecule has 0 aromatic heterocycles. The minimum Gasteiger partial charge on any atom is -0.341 e. The minimum atomic E-state index is -0.370. The Bertz CT molecular complexity index is 237. The van der Waals surface area contributed by atoms with Gasteiger partial charge in [-0.2, -0.15) is 0 Å². The van der Waals surface area contributed by atoms with Gasteiger partial charge in [-0.1, -0.05) is 34.1 Å². The first-order chi connectivity index (χ1) is 7.36. The van der Waals surface area contributed by atoms with Crippen LogP contribution in [0.25, 0.3) is 0 Å². The van der Waals surface area contributed by atoms with Gasteiger partial charge in [0, 0.05) is 13.1 Å². The van der Waals surface area contributed by atoms with E-state index in [1.807, 2.05) is 25.7 Å². The number of nitrogens with two attached hydrogens (primary N) is 1. The van der Waals surface area contributed by atoms with E-state index in [2.05, 4.69) is 6.92 Å². The first-order valence-electron chi connectivity index (χ1n) is 6.40. The molecule has 0 aromatic rings. The molecule has 2 N–H and O–H groups in total. The Morgan fingerprint density at radius 1 is 1.38 bits per heavy atom. The SMILES string of the molecule is CCC1CCN(C(=O)C(N)C(C)(C)C)CC1. The van der Waals surface area contributed by atoms with Crippen molar-refractivity contribution in [2.45, 2.75) is 53.0 Å². The summed E-state index contributed by atoms with van der Waals surface area (Å²) in [5, 5.41) is 0. The van der Waals surface area contributed by atoms with Crippen LogP contribution in [0.5, 0.6) is 0 Å². The molecule has 1 atom stereocenters. The van der Waals surface area contributed by atoms with E-state index in [0.29, 0.717) is 0 Å². The smallest absolute Gasteiger partial charge is 0.240 e. The Morgan fingerprint density at radius 3 is 2.25 bits per heavy atom. The van der Waals surface area contributed by atoms with Gasteiger partial charge in [0.2, 0.25) is 5.91 Å². The highest BCUT2D eigenvalue weighted by Gasteiger charge is 2.32. The average Bonchev–Trinajstić information content (AvgIpc) is 2.26. The number of likely N-dealkylation sites (tertiary alicyclic amines) is 1. The summed E-state index contributed by atoms with van der Waals surface area (Å²) in [5.74, 6) is 0.928. The lowest BCUT2D eigenvalue weighted by Crippen LogP contribution is -2.52. The zero-order valence-corrected chi connectivity index (χ0v) is 11.1. The second-order valence-electron chi connectivity index (χ2n) is 6.02. The quantitative estimate of drug-likeness (QED) is 0.783. The highest BCUT2D eigenvalue weighted by molar-refractivity contribution is 5.82. The van der Waals surface area contributed by atoms with Crippen molar-refractivity contribution in [3.8, 4) is 0 Å². The van der Waals surface area contributed by atoms with Crippen molar-refractivity contribution in [1.82, 2.24) is 4.90 Å². The number of nitrogens with zero attached hydrogens (tertiary/aromatic N) is 1. The molecule has 1 aliphatic rings. The first kappa shape index (κ1) is 13.5. The number of carbonyl (C=O) groups is 1. The van der Waals surface area contributed by atoms with Crippen molar-refractivity contribution in [2.24, 2.45) is 17.1 Å². The number of hydrogen-bond acceptors (Lipinski definition) is 2. The summed E-state index contributed by atoms with van der Waals surface area (Å²) in [6.45, 7) is 10.1. The molecular weight excluding hydrogens is 200 g/mol. The molecule has 1 aliphatic heterocycles. The van der Waals surface area contributed by atoms with Crippen LogP contribution in [0.3, 0.4) is 0 Å². The van der Waals surface area contributed by atoms with Crippen LogP contribution in [0.1, 0.15) is 47.0 Å². The molecule has 1 heterocycles. The van der Waals surface area contributed by atoms with E-state index in [4.69, 9.17) is 5.73 Å².